The molecule has 5 saturated carbocycles. The third-order valence-electron chi connectivity index (χ3n) is 10.0. The minimum atomic E-state index is -0.356. The average Bonchev–Trinajstić information content (AvgIpc) is 3.54. The number of amides is 2. The predicted molar refractivity (Wildman–Crippen MR) is 155 cm³/mol. The van der Waals surface area contributed by atoms with E-state index in [1.807, 2.05) is 0 Å². The number of ether oxygens (including phenoxy) is 2. The van der Waals surface area contributed by atoms with Gasteiger partial charge in [-0.2, -0.15) is 0 Å². The van der Waals surface area contributed by atoms with Gasteiger partial charge in [-0.15, -0.1) is 0 Å². The van der Waals surface area contributed by atoms with Crippen molar-refractivity contribution in [3.05, 3.63) is 40.1 Å². The quantitative estimate of drug-likeness (QED) is 0.416. The lowest BCUT2D eigenvalue weighted by Gasteiger charge is -2.74. The Hall–Kier alpha value is -2.66. The van der Waals surface area contributed by atoms with Crippen LogP contribution in [0.3, 0.4) is 0 Å². The Balaban J connectivity index is 1.07. The van der Waals surface area contributed by atoms with Crippen LogP contribution in [0.5, 0.6) is 5.88 Å². The van der Waals surface area contributed by atoms with Gasteiger partial charge >= 0.3 is 0 Å². The Bertz CT molecular complexity index is 1370. The van der Waals surface area contributed by atoms with Gasteiger partial charge in [-0.3, -0.25) is 14.5 Å². The number of nitrogens with one attached hydrogen (secondary N) is 3. The van der Waals surface area contributed by atoms with Crippen molar-refractivity contribution in [1.82, 2.24) is 20.2 Å². The Morgan fingerprint density at radius 2 is 1.83 bits per heavy atom. The zero-order valence-corrected chi connectivity index (χ0v) is 24.4. The van der Waals surface area contributed by atoms with Crippen molar-refractivity contribution in [2.75, 3.05) is 44.0 Å². The van der Waals surface area contributed by atoms with E-state index < -0.39 is 0 Å². The maximum atomic E-state index is 13.9. The van der Waals surface area contributed by atoms with Crippen LogP contribution in [0.25, 0.3) is 0 Å². The van der Waals surface area contributed by atoms with Crippen LogP contribution in [-0.4, -0.2) is 77.2 Å². The predicted octanol–water partition coefficient (Wildman–Crippen LogP) is 3.99. The van der Waals surface area contributed by atoms with Crippen LogP contribution < -0.4 is 20.7 Å². The molecule has 0 unspecified atom stereocenters. The average molecular weight is 602 g/mol. The molecular weight excluding hydrogens is 567 g/mol. The number of nitrogens with zero attached hydrogens (tertiary/aromatic N) is 3. The molecule has 4 bridgehead atoms. The van der Waals surface area contributed by atoms with E-state index in [1.54, 1.807) is 18.2 Å². The number of fused-ring (bicyclic) bond motifs is 2. The lowest BCUT2D eigenvalue weighted by Crippen LogP contribution is -2.82. The molecule has 1 saturated heterocycles. The molecule has 2 heterocycles. The van der Waals surface area contributed by atoms with E-state index in [9.17, 15) is 9.59 Å². The summed E-state index contributed by atoms with van der Waals surface area (Å²) in [6, 6.07) is 4.72. The minimum Gasteiger partial charge on any atom is -0.480 e. The van der Waals surface area contributed by atoms with Crippen LogP contribution in [0.2, 0.25) is 10.0 Å². The number of morpholine rings is 1. The number of aromatic nitrogens is 2. The van der Waals surface area contributed by atoms with Gasteiger partial charge in [0, 0.05) is 35.9 Å². The maximum Gasteiger partial charge on any atom is 0.260 e. The monoisotopic (exact) mass is 600 g/mol. The molecule has 1 aromatic carbocycles. The van der Waals surface area contributed by atoms with Crippen molar-refractivity contribution in [2.24, 2.45) is 17.8 Å². The molecule has 3 N–H and O–H groups in total. The number of rotatable bonds is 8. The molecule has 0 spiro atoms. The zero-order valence-electron chi connectivity index (χ0n) is 22.9. The second-order valence-corrected chi connectivity index (χ2v) is 13.2. The number of hydrogen-bond acceptors (Lipinski definition) is 8. The molecule has 1 aliphatic heterocycles. The third kappa shape index (κ3) is 4.63. The summed E-state index contributed by atoms with van der Waals surface area (Å²) in [4.78, 5) is 38.7. The van der Waals surface area contributed by atoms with Crippen LogP contribution in [0.1, 0.15) is 48.9 Å². The van der Waals surface area contributed by atoms with Gasteiger partial charge < -0.3 is 25.4 Å². The van der Waals surface area contributed by atoms with Gasteiger partial charge in [-0.05, 0) is 68.6 Å². The third-order valence-corrected chi connectivity index (χ3v) is 10.7. The highest BCUT2D eigenvalue weighted by Gasteiger charge is 2.70. The standard InChI is InChI=1S/C29H34Cl2N6O4/c1-40-27-22(24(32-15-33-27)36-28-12-29(13-28,14-28)37-6-8-41-9-7-37)26(39)35-23-17-3-2-16(10-17)21(23)25(38)34-18-4-5-19(30)20(31)11-18/h4-5,11,15-17,21,23H,2-3,6-10,12-14H2,1H3,(H,34,38)(H,35,39)(H,32,33,36)/t16-,17+,21+,23-,28?,29?/m1/s1. The van der Waals surface area contributed by atoms with Crippen molar-refractivity contribution in [2.45, 2.75) is 55.6 Å². The first-order chi connectivity index (χ1) is 19.8. The van der Waals surface area contributed by atoms with Crippen LogP contribution in [0.15, 0.2) is 24.5 Å². The topological polar surface area (TPSA) is 118 Å². The fraction of sp³-hybridized carbons (Fsp3) is 0.586. The molecule has 1 aromatic heterocycles. The number of anilines is 2. The van der Waals surface area contributed by atoms with Gasteiger partial charge in [0.1, 0.15) is 17.7 Å². The first kappa shape index (κ1) is 27.2. The maximum absolute atomic E-state index is 13.9. The molecule has 10 nitrogen and oxygen atoms in total. The van der Waals surface area contributed by atoms with Crippen LogP contribution >= 0.6 is 23.2 Å². The molecule has 8 rings (SSSR count). The van der Waals surface area contributed by atoms with Gasteiger partial charge in [0.05, 0.1) is 36.3 Å². The normalized spacial score (nSPS) is 33.4. The van der Waals surface area contributed by atoms with Gasteiger partial charge in [0.15, 0.2) is 0 Å². The molecular formula is C29H34Cl2N6O4. The fourth-order valence-corrected chi connectivity index (χ4v) is 8.51. The highest BCUT2D eigenvalue weighted by Crippen LogP contribution is 2.65. The highest BCUT2D eigenvalue weighted by molar-refractivity contribution is 6.42. The summed E-state index contributed by atoms with van der Waals surface area (Å²) in [5.41, 5.74) is 1.01. The Morgan fingerprint density at radius 3 is 2.56 bits per heavy atom. The lowest BCUT2D eigenvalue weighted by molar-refractivity contribution is -0.172. The van der Waals surface area contributed by atoms with Crippen molar-refractivity contribution < 1.29 is 19.1 Å². The summed E-state index contributed by atoms with van der Waals surface area (Å²) in [6.07, 6.45) is 7.31. The van der Waals surface area contributed by atoms with E-state index in [0.29, 0.717) is 21.6 Å². The number of hydrogen-bond donors (Lipinski definition) is 3. The largest absolute Gasteiger partial charge is 0.480 e. The van der Waals surface area contributed by atoms with Crippen LogP contribution in [0.4, 0.5) is 11.5 Å². The highest BCUT2D eigenvalue weighted by atomic mass is 35.5. The number of methoxy groups -OCH3 is 1. The summed E-state index contributed by atoms with van der Waals surface area (Å²) in [5, 5.41) is 10.6. The summed E-state index contributed by atoms with van der Waals surface area (Å²) in [5.74, 6) is 0.314. The Labute approximate surface area is 248 Å². The molecule has 4 atom stereocenters. The van der Waals surface area contributed by atoms with Gasteiger partial charge in [0.25, 0.3) is 5.91 Å². The van der Waals surface area contributed by atoms with Crippen molar-refractivity contribution in [1.29, 1.82) is 0 Å². The first-order valence-electron chi connectivity index (χ1n) is 14.4. The van der Waals surface area contributed by atoms with E-state index >= 15 is 0 Å². The SMILES string of the molecule is COc1ncnc(NC23CC(N4CCOCC4)(C2)C3)c1C(=O)N[C@@H]1[C@H]2CC[C@H](C2)[C@@H]1C(=O)Nc1ccc(Cl)c(Cl)c1. The van der Waals surface area contributed by atoms with E-state index in [-0.39, 0.29) is 58.1 Å². The Kier molecular flexibility index (Phi) is 6.80. The first-order valence-corrected chi connectivity index (χ1v) is 15.1. The lowest BCUT2D eigenvalue weighted by atomic mass is 9.43. The molecule has 12 heteroatoms. The number of carbonyl (C=O) groups excluding carboxylic acids is 2. The zero-order chi connectivity index (χ0) is 28.4. The minimum absolute atomic E-state index is 0.0819. The van der Waals surface area contributed by atoms with Gasteiger partial charge in [0.2, 0.25) is 11.8 Å². The van der Waals surface area contributed by atoms with Crippen molar-refractivity contribution in [3.8, 4) is 5.88 Å². The summed E-state index contributed by atoms with van der Waals surface area (Å²) in [7, 11) is 1.50. The molecule has 6 fully saturated rings. The van der Waals surface area contributed by atoms with E-state index in [0.717, 1.165) is 64.8 Å². The van der Waals surface area contributed by atoms with Gasteiger partial charge in [-0.25, -0.2) is 9.97 Å². The molecule has 0 radical (unpaired) electrons. The molecule has 2 amide bonds. The van der Waals surface area contributed by atoms with Crippen LogP contribution in [-0.2, 0) is 9.53 Å². The molecule has 6 aliphatic rings. The van der Waals surface area contributed by atoms with Crippen molar-refractivity contribution in [3.63, 3.8) is 0 Å². The van der Waals surface area contributed by atoms with Crippen LogP contribution in [0, 0.1) is 17.8 Å². The Morgan fingerprint density at radius 1 is 1.07 bits per heavy atom. The molecule has 2 aromatic rings. The smallest absolute Gasteiger partial charge is 0.260 e. The number of carbonyl (C=O) groups is 2. The van der Waals surface area contributed by atoms with Crippen molar-refractivity contribution >= 4 is 46.5 Å². The summed E-state index contributed by atoms with van der Waals surface area (Å²) < 4.78 is 11.1. The van der Waals surface area contributed by atoms with E-state index in [2.05, 4.69) is 30.8 Å². The second kappa shape index (κ2) is 10.3. The van der Waals surface area contributed by atoms with Gasteiger partial charge in [-0.1, -0.05) is 23.2 Å². The van der Waals surface area contributed by atoms with E-state index in [1.165, 1.54) is 13.4 Å². The number of halogens is 2. The molecule has 218 valence electrons. The molecule has 41 heavy (non-hydrogen) atoms. The number of benzene rings is 1. The summed E-state index contributed by atoms with van der Waals surface area (Å²) >= 11 is 12.2. The molecule has 5 aliphatic carbocycles. The second-order valence-electron chi connectivity index (χ2n) is 12.3. The summed E-state index contributed by atoms with van der Waals surface area (Å²) in [6.45, 7) is 3.50. The fourth-order valence-electron chi connectivity index (χ4n) is 8.21. The van der Waals surface area contributed by atoms with E-state index in [4.69, 9.17) is 32.7 Å².